The van der Waals surface area contributed by atoms with Crippen LogP contribution in [0, 0.1) is 5.82 Å². The maximum atomic E-state index is 14.1. The molecular formula is C34H24BF. The van der Waals surface area contributed by atoms with Crippen molar-refractivity contribution in [2.45, 2.75) is 0 Å². The van der Waals surface area contributed by atoms with Gasteiger partial charge < -0.3 is 0 Å². The van der Waals surface area contributed by atoms with Crippen LogP contribution in [-0.2, 0) is 0 Å². The summed E-state index contributed by atoms with van der Waals surface area (Å²) in [7, 11) is 0. The first-order valence-electron chi connectivity index (χ1n) is 12.3. The molecule has 5 aromatic rings. The van der Waals surface area contributed by atoms with Gasteiger partial charge in [-0.3, -0.25) is 0 Å². The third kappa shape index (κ3) is 4.01. The Kier molecular flexibility index (Phi) is 5.93. The predicted octanol–water partition coefficient (Wildman–Crippen LogP) is 7.84. The largest absolute Gasteiger partial charge is 0.244 e. The summed E-state index contributed by atoms with van der Waals surface area (Å²) in [6.07, 6.45) is 0. The van der Waals surface area contributed by atoms with Crippen LogP contribution in [0.4, 0.5) is 4.39 Å². The molecule has 0 aromatic heterocycles. The zero-order valence-electron chi connectivity index (χ0n) is 19.8. The summed E-state index contributed by atoms with van der Waals surface area (Å²) in [6, 6.07) is 49.5. The Morgan fingerprint density at radius 1 is 0.361 bits per heavy atom. The summed E-state index contributed by atoms with van der Waals surface area (Å²) in [5.74, 6) is -0.223. The molecule has 6 rings (SSSR count). The third-order valence-corrected chi connectivity index (χ3v) is 6.86. The van der Waals surface area contributed by atoms with Gasteiger partial charge >= 0.3 is 0 Å². The van der Waals surface area contributed by atoms with Crippen molar-refractivity contribution in [3.8, 4) is 0 Å². The lowest BCUT2D eigenvalue weighted by Gasteiger charge is -2.19. The van der Waals surface area contributed by atoms with Gasteiger partial charge in [0.05, 0.1) is 0 Å². The maximum Gasteiger partial charge on any atom is 0.244 e. The molecule has 0 bridgehead atoms. The second kappa shape index (κ2) is 9.68. The summed E-state index contributed by atoms with van der Waals surface area (Å²) in [5, 5.41) is 0. The van der Waals surface area contributed by atoms with E-state index in [1.54, 1.807) is 12.1 Å². The van der Waals surface area contributed by atoms with Crippen molar-refractivity contribution in [3.05, 3.63) is 174 Å². The topological polar surface area (TPSA) is 0 Å². The second-order valence-corrected chi connectivity index (χ2v) is 9.03. The van der Waals surface area contributed by atoms with E-state index in [0.717, 1.165) is 5.46 Å². The number of hydrogen-bond acceptors (Lipinski definition) is 0. The highest BCUT2D eigenvalue weighted by atomic mass is 19.1. The van der Waals surface area contributed by atoms with Crippen LogP contribution in [0.25, 0.3) is 22.1 Å². The SMILES string of the molecule is Fc1ccc(B2C(c3ccccc3)=C(c3ccccc3)C(c3ccccc3)=C2c2ccccc2)cc1. The molecule has 170 valence electrons. The van der Waals surface area contributed by atoms with Crippen LogP contribution in [-0.4, -0.2) is 6.71 Å². The van der Waals surface area contributed by atoms with Crippen LogP contribution in [0.5, 0.6) is 0 Å². The lowest BCUT2D eigenvalue weighted by Crippen LogP contribution is -2.32. The Balaban J connectivity index is 1.77. The van der Waals surface area contributed by atoms with E-state index in [0.29, 0.717) is 0 Å². The monoisotopic (exact) mass is 462 g/mol. The Labute approximate surface area is 212 Å². The van der Waals surface area contributed by atoms with Gasteiger partial charge in [-0.1, -0.05) is 150 Å². The highest BCUT2D eigenvalue weighted by Gasteiger charge is 2.40. The normalized spacial score (nSPS) is 13.4. The molecule has 0 fully saturated rings. The van der Waals surface area contributed by atoms with Gasteiger partial charge in [0, 0.05) is 0 Å². The molecule has 0 N–H and O–H groups in total. The van der Waals surface area contributed by atoms with E-state index in [4.69, 9.17) is 0 Å². The van der Waals surface area contributed by atoms with Crippen molar-refractivity contribution < 1.29 is 4.39 Å². The molecule has 0 atom stereocenters. The van der Waals surface area contributed by atoms with Gasteiger partial charge in [0.15, 0.2) is 0 Å². The molecule has 0 saturated carbocycles. The zero-order chi connectivity index (χ0) is 24.3. The maximum absolute atomic E-state index is 14.1. The summed E-state index contributed by atoms with van der Waals surface area (Å²) >= 11 is 0. The summed E-state index contributed by atoms with van der Waals surface area (Å²) < 4.78 is 14.1. The van der Waals surface area contributed by atoms with E-state index in [1.165, 1.54) is 44.3 Å². The molecule has 0 unspecified atom stereocenters. The number of benzene rings is 5. The number of allylic oxidation sites excluding steroid dienone is 2. The van der Waals surface area contributed by atoms with Crippen LogP contribution < -0.4 is 5.46 Å². The molecule has 1 aliphatic heterocycles. The van der Waals surface area contributed by atoms with Gasteiger partial charge in [-0.25, -0.2) is 4.39 Å². The van der Waals surface area contributed by atoms with Crippen LogP contribution in [0.1, 0.15) is 22.3 Å². The fourth-order valence-electron chi connectivity index (χ4n) is 5.36. The van der Waals surface area contributed by atoms with Crippen LogP contribution in [0.15, 0.2) is 146 Å². The second-order valence-electron chi connectivity index (χ2n) is 9.03. The van der Waals surface area contributed by atoms with Crippen molar-refractivity contribution >= 4 is 34.3 Å². The molecule has 0 spiro atoms. The van der Waals surface area contributed by atoms with E-state index in [2.05, 4.69) is 121 Å². The third-order valence-electron chi connectivity index (χ3n) is 6.86. The standard InChI is InChI=1S/C34H24BF/c36-30-23-21-29(22-24-30)35-33(27-17-9-3-10-18-27)31(25-13-5-1-6-14-25)32(26-15-7-2-8-16-26)34(35)28-19-11-4-12-20-28/h1-24H. The lowest BCUT2D eigenvalue weighted by molar-refractivity contribution is 0.628. The highest BCUT2D eigenvalue weighted by molar-refractivity contribution is 7.08. The first kappa shape index (κ1) is 22.1. The fourth-order valence-corrected chi connectivity index (χ4v) is 5.36. The Bertz CT molecular complexity index is 1440. The van der Waals surface area contributed by atoms with Crippen molar-refractivity contribution in [2.75, 3.05) is 0 Å². The number of rotatable bonds is 5. The molecule has 0 saturated heterocycles. The first-order chi connectivity index (χ1) is 17.8. The smallest absolute Gasteiger partial charge is 0.207 e. The molecule has 0 radical (unpaired) electrons. The molecule has 1 heterocycles. The van der Waals surface area contributed by atoms with Crippen LogP contribution in [0.2, 0.25) is 0 Å². The van der Waals surface area contributed by atoms with E-state index in [-0.39, 0.29) is 12.5 Å². The lowest BCUT2D eigenvalue weighted by atomic mass is 9.35. The first-order valence-corrected chi connectivity index (χ1v) is 12.3. The number of hydrogen-bond donors (Lipinski definition) is 0. The van der Waals surface area contributed by atoms with Crippen molar-refractivity contribution in [2.24, 2.45) is 0 Å². The molecule has 0 aliphatic carbocycles. The Hall–Kier alpha value is -4.43. The van der Waals surface area contributed by atoms with E-state index in [1.807, 2.05) is 12.1 Å². The van der Waals surface area contributed by atoms with Crippen molar-refractivity contribution in [1.82, 2.24) is 0 Å². The van der Waals surface area contributed by atoms with Gasteiger partial charge in [0.25, 0.3) is 0 Å². The average molecular weight is 462 g/mol. The van der Waals surface area contributed by atoms with Gasteiger partial charge in [-0.15, -0.1) is 0 Å². The fraction of sp³-hybridized carbons (Fsp3) is 0. The van der Waals surface area contributed by atoms with Gasteiger partial charge in [-0.2, -0.15) is 0 Å². The predicted molar refractivity (Wildman–Crippen MR) is 151 cm³/mol. The minimum atomic E-state index is -0.223. The summed E-state index contributed by atoms with van der Waals surface area (Å²) in [5.41, 5.74) is 10.7. The average Bonchev–Trinajstić information content (AvgIpc) is 3.31. The van der Waals surface area contributed by atoms with E-state index < -0.39 is 0 Å². The van der Waals surface area contributed by atoms with Crippen molar-refractivity contribution in [1.29, 1.82) is 0 Å². The summed E-state index contributed by atoms with van der Waals surface area (Å²) in [4.78, 5) is 0. The molecule has 36 heavy (non-hydrogen) atoms. The Morgan fingerprint density at radius 2 is 0.694 bits per heavy atom. The van der Waals surface area contributed by atoms with Crippen molar-refractivity contribution in [3.63, 3.8) is 0 Å². The molecule has 2 heteroatoms. The Morgan fingerprint density at radius 3 is 1.06 bits per heavy atom. The quantitative estimate of drug-likeness (QED) is 0.234. The molecule has 0 nitrogen and oxygen atoms in total. The highest BCUT2D eigenvalue weighted by Crippen LogP contribution is 2.50. The minimum Gasteiger partial charge on any atom is -0.207 e. The zero-order valence-corrected chi connectivity index (χ0v) is 19.8. The molecular weight excluding hydrogens is 438 g/mol. The van der Waals surface area contributed by atoms with E-state index >= 15 is 0 Å². The summed E-state index contributed by atoms with van der Waals surface area (Å²) in [6.45, 7) is -0.0548. The number of halogens is 1. The molecule has 1 aliphatic rings. The van der Waals surface area contributed by atoms with Crippen LogP contribution in [0.3, 0.4) is 0 Å². The van der Waals surface area contributed by atoms with Crippen LogP contribution >= 0.6 is 0 Å². The van der Waals surface area contributed by atoms with Gasteiger partial charge in [0.1, 0.15) is 5.82 Å². The molecule has 5 aromatic carbocycles. The van der Waals surface area contributed by atoms with Gasteiger partial charge in [0.2, 0.25) is 6.71 Å². The van der Waals surface area contributed by atoms with E-state index in [9.17, 15) is 4.39 Å². The van der Waals surface area contributed by atoms with Gasteiger partial charge in [-0.05, 0) is 45.5 Å². The minimum absolute atomic E-state index is 0.0548. The molecule has 0 amide bonds.